The van der Waals surface area contributed by atoms with Gasteiger partial charge in [-0.2, -0.15) is 5.10 Å². The number of fused-ring (bicyclic) bond motifs is 1. The first-order chi connectivity index (χ1) is 10.1. The minimum atomic E-state index is -0.207. The Balaban J connectivity index is 1.76. The summed E-state index contributed by atoms with van der Waals surface area (Å²) in [5.41, 5.74) is 3.22. The van der Waals surface area contributed by atoms with Gasteiger partial charge in [-0.25, -0.2) is 4.39 Å². The monoisotopic (exact) mass is 283 g/mol. The van der Waals surface area contributed by atoms with E-state index in [1.807, 2.05) is 36.0 Å². The maximum Gasteiger partial charge on any atom is 0.123 e. The molecule has 4 heteroatoms. The van der Waals surface area contributed by atoms with Crippen molar-refractivity contribution < 1.29 is 4.39 Å². The second-order valence-electron chi connectivity index (χ2n) is 5.24. The molecule has 1 aromatic heterocycles. The molecule has 0 radical (unpaired) electrons. The Morgan fingerprint density at radius 3 is 2.62 bits per heavy atom. The van der Waals surface area contributed by atoms with E-state index in [0.29, 0.717) is 6.54 Å². The number of benzene rings is 2. The number of nitrogens with zero attached hydrogens (tertiary/aromatic N) is 2. The first kappa shape index (κ1) is 13.8. The summed E-state index contributed by atoms with van der Waals surface area (Å²) in [6, 6.07) is 14.9. The second kappa shape index (κ2) is 5.66. The van der Waals surface area contributed by atoms with E-state index in [0.717, 1.165) is 16.8 Å². The lowest BCUT2D eigenvalue weighted by Gasteiger charge is -2.13. The van der Waals surface area contributed by atoms with E-state index >= 15 is 0 Å². The van der Waals surface area contributed by atoms with E-state index in [-0.39, 0.29) is 11.9 Å². The van der Waals surface area contributed by atoms with Gasteiger partial charge in [0.1, 0.15) is 5.82 Å². The maximum atomic E-state index is 12.9. The topological polar surface area (TPSA) is 29.9 Å². The zero-order valence-corrected chi connectivity index (χ0v) is 12.2. The number of hydrogen-bond donors (Lipinski definition) is 1. The van der Waals surface area contributed by atoms with E-state index in [1.165, 1.54) is 17.5 Å². The largest absolute Gasteiger partial charge is 0.304 e. The fourth-order valence-electron chi connectivity index (χ4n) is 2.54. The molecule has 1 N–H and O–H groups in total. The van der Waals surface area contributed by atoms with Crippen LogP contribution < -0.4 is 5.32 Å². The van der Waals surface area contributed by atoms with Gasteiger partial charge < -0.3 is 5.32 Å². The molecule has 0 aliphatic rings. The summed E-state index contributed by atoms with van der Waals surface area (Å²) in [7, 11) is 1.95. The fraction of sp³-hybridized carbons (Fsp3) is 0.235. The molecular formula is C17H18FN3. The van der Waals surface area contributed by atoms with Crippen molar-refractivity contribution in [1.29, 1.82) is 0 Å². The van der Waals surface area contributed by atoms with Crippen LogP contribution in [-0.4, -0.2) is 9.78 Å². The third kappa shape index (κ3) is 2.81. The SMILES string of the molecule is CC(NCc1nn(C)c2ccccc12)c1ccc(F)cc1. The summed E-state index contributed by atoms with van der Waals surface area (Å²) >= 11 is 0. The Morgan fingerprint density at radius 1 is 1.14 bits per heavy atom. The zero-order valence-electron chi connectivity index (χ0n) is 12.2. The first-order valence-corrected chi connectivity index (χ1v) is 7.04. The third-order valence-corrected chi connectivity index (χ3v) is 3.78. The molecule has 0 aliphatic carbocycles. The lowest BCUT2D eigenvalue weighted by Crippen LogP contribution is -2.18. The standard InChI is InChI=1S/C17H18FN3/c1-12(13-7-9-14(18)10-8-13)19-11-16-15-5-3-4-6-17(15)21(2)20-16/h3-10,12,19H,11H2,1-2H3. The molecule has 0 spiro atoms. The van der Waals surface area contributed by atoms with Gasteiger partial charge in [0.25, 0.3) is 0 Å². The van der Waals surface area contributed by atoms with Gasteiger partial charge in [0.15, 0.2) is 0 Å². The van der Waals surface area contributed by atoms with Gasteiger partial charge in [-0.15, -0.1) is 0 Å². The third-order valence-electron chi connectivity index (χ3n) is 3.78. The second-order valence-corrected chi connectivity index (χ2v) is 5.24. The summed E-state index contributed by atoms with van der Waals surface area (Å²) in [5, 5.41) is 9.17. The number of hydrogen-bond acceptors (Lipinski definition) is 2. The van der Waals surface area contributed by atoms with Crippen LogP contribution in [0.15, 0.2) is 48.5 Å². The summed E-state index contributed by atoms with van der Waals surface area (Å²) < 4.78 is 14.8. The van der Waals surface area contributed by atoms with E-state index in [1.54, 1.807) is 0 Å². The van der Waals surface area contributed by atoms with Crippen molar-refractivity contribution in [3.8, 4) is 0 Å². The normalized spacial score (nSPS) is 12.7. The Bertz CT molecular complexity index is 746. The van der Waals surface area contributed by atoms with Gasteiger partial charge in [0, 0.05) is 25.0 Å². The van der Waals surface area contributed by atoms with Crippen LogP contribution in [0.5, 0.6) is 0 Å². The van der Waals surface area contributed by atoms with Gasteiger partial charge >= 0.3 is 0 Å². The van der Waals surface area contributed by atoms with Crippen LogP contribution in [0.3, 0.4) is 0 Å². The lowest BCUT2D eigenvalue weighted by molar-refractivity contribution is 0.561. The lowest BCUT2D eigenvalue weighted by atomic mass is 10.1. The van der Waals surface area contributed by atoms with Crippen LogP contribution >= 0.6 is 0 Å². The highest BCUT2D eigenvalue weighted by Crippen LogP contribution is 2.19. The van der Waals surface area contributed by atoms with Crippen LogP contribution in [0.4, 0.5) is 4.39 Å². The number of halogens is 1. The van der Waals surface area contributed by atoms with Crippen LogP contribution in [0.2, 0.25) is 0 Å². The smallest absolute Gasteiger partial charge is 0.123 e. The number of rotatable bonds is 4. The van der Waals surface area contributed by atoms with Crippen LogP contribution in [0.1, 0.15) is 24.2 Å². The number of para-hydroxylation sites is 1. The Kier molecular flexibility index (Phi) is 3.71. The van der Waals surface area contributed by atoms with Crippen LogP contribution in [0.25, 0.3) is 10.9 Å². The molecule has 3 nitrogen and oxygen atoms in total. The highest BCUT2D eigenvalue weighted by molar-refractivity contribution is 5.81. The number of nitrogens with one attached hydrogen (secondary N) is 1. The highest BCUT2D eigenvalue weighted by atomic mass is 19.1. The summed E-state index contributed by atoms with van der Waals surface area (Å²) in [6.45, 7) is 2.75. The average molecular weight is 283 g/mol. The predicted octanol–water partition coefficient (Wildman–Crippen LogP) is 3.56. The molecule has 3 aromatic rings. The quantitative estimate of drug-likeness (QED) is 0.793. The molecule has 0 saturated carbocycles. The molecule has 2 aromatic carbocycles. The molecule has 0 bridgehead atoms. The van der Waals surface area contributed by atoms with Crippen molar-refractivity contribution in [3.63, 3.8) is 0 Å². The van der Waals surface area contributed by atoms with Gasteiger partial charge in [0.05, 0.1) is 11.2 Å². The molecule has 21 heavy (non-hydrogen) atoms. The van der Waals surface area contributed by atoms with Gasteiger partial charge in [-0.05, 0) is 30.7 Å². The maximum absolute atomic E-state index is 12.9. The number of aryl methyl sites for hydroxylation is 1. The molecule has 0 saturated heterocycles. The molecule has 1 heterocycles. The molecular weight excluding hydrogens is 265 g/mol. The molecule has 1 unspecified atom stereocenters. The van der Waals surface area contributed by atoms with Crippen molar-refractivity contribution in [3.05, 3.63) is 65.6 Å². The number of aromatic nitrogens is 2. The summed E-state index contributed by atoms with van der Waals surface area (Å²) in [5.74, 6) is -0.207. The van der Waals surface area contributed by atoms with Gasteiger partial charge in [-0.1, -0.05) is 30.3 Å². The van der Waals surface area contributed by atoms with Crippen molar-refractivity contribution in [2.24, 2.45) is 7.05 Å². The van der Waals surface area contributed by atoms with Crippen molar-refractivity contribution in [2.75, 3.05) is 0 Å². The van der Waals surface area contributed by atoms with Crippen LogP contribution in [-0.2, 0) is 13.6 Å². The van der Waals surface area contributed by atoms with E-state index in [4.69, 9.17) is 0 Å². The van der Waals surface area contributed by atoms with Crippen molar-refractivity contribution in [2.45, 2.75) is 19.5 Å². The van der Waals surface area contributed by atoms with E-state index < -0.39 is 0 Å². The molecule has 0 amide bonds. The highest BCUT2D eigenvalue weighted by Gasteiger charge is 2.10. The molecule has 0 aliphatic heterocycles. The van der Waals surface area contributed by atoms with Gasteiger partial charge in [0.2, 0.25) is 0 Å². The Labute approximate surface area is 123 Å². The van der Waals surface area contributed by atoms with Crippen molar-refractivity contribution in [1.82, 2.24) is 15.1 Å². The molecule has 0 fully saturated rings. The predicted molar refractivity (Wildman–Crippen MR) is 82.4 cm³/mol. The summed E-state index contributed by atoms with van der Waals surface area (Å²) in [6.07, 6.45) is 0. The molecule has 1 atom stereocenters. The first-order valence-electron chi connectivity index (χ1n) is 7.04. The molecule has 108 valence electrons. The fourth-order valence-corrected chi connectivity index (χ4v) is 2.54. The Hall–Kier alpha value is -2.20. The minimum absolute atomic E-state index is 0.145. The minimum Gasteiger partial charge on any atom is -0.304 e. The van der Waals surface area contributed by atoms with E-state index in [9.17, 15) is 4.39 Å². The van der Waals surface area contributed by atoms with Crippen LogP contribution in [0, 0.1) is 5.82 Å². The van der Waals surface area contributed by atoms with Gasteiger partial charge in [-0.3, -0.25) is 4.68 Å². The van der Waals surface area contributed by atoms with E-state index in [2.05, 4.69) is 29.5 Å². The summed E-state index contributed by atoms with van der Waals surface area (Å²) in [4.78, 5) is 0. The van der Waals surface area contributed by atoms with Crippen molar-refractivity contribution >= 4 is 10.9 Å². The zero-order chi connectivity index (χ0) is 14.8. The average Bonchev–Trinajstić information content (AvgIpc) is 2.83. The molecule has 3 rings (SSSR count). The Morgan fingerprint density at radius 2 is 1.86 bits per heavy atom.